The largest absolute Gasteiger partial charge is 0.455 e. The van der Waals surface area contributed by atoms with Crippen LogP contribution in [-0.4, -0.2) is 4.57 Å². The molecule has 0 N–H and O–H groups in total. The lowest BCUT2D eigenvalue weighted by atomic mass is 9.97. The van der Waals surface area contributed by atoms with Crippen LogP contribution < -0.4 is 4.90 Å². The molecule has 0 saturated heterocycles. The summed E-state index contributed by atoms with van der Waals surface area (Å²) in [4.78, 5) is 2.40. The Morgan fingerprint density at radius 2 is 0.983 bits per heavy atom. The van der Waals surface area contributed by atoms with E-state index in [-0.39, 0.29) is 0 Å². The predicted molar refractivity (Wildman–Crippen MR) is 249 cm³/mol. The highest BCUT2D eigenvalue weighted by atomic mass is 16.3. The molecule has 12 aromatic rings. The first-order valence-corrected chi connectivity index (χ1v) is 20.2. The highest BCUT2D eigenvalue weighted by Gasteiger charge is 2.22. The standard InChI is InChI=1S/C56H36N2O/c1-3-13-37(14-4-1)39-23-28-44(29-24-39)57(45-30-25-38-15-7-8-17-41(38)33-45)46-35-50(56-51(36-46)55-47-20-10-9-16-40(47)27-32-54(55)59-56)42-26-31-49-48-21-11-12-22-52(48)58(53(49)34-42)43-18-5-2-6-19-43/h1-36H. The molecule has 0 unspecified atom stereocenters. The van der Waals surface area contributed by atoms with Gasteiger partial charge in [0, 0.05) is 49.9 Å². The Morgan fingerprint density at radius 3 is 1.81 bits per heavy atom. The van der Waals surface area contributed by atoms with Gasteiger partial charge in [0.25, 0.3) is 0 Å². The molecule has 0 aliphatic rings. The number of nitrogens with zero attached hydrogens (tertiary/aromatic N) is 2. The summed E-state index contributed by atoms with van der Waals surface area (Å²) in [6.45, 7) is 0. The van der Waals surface area contributed by atoms with Crippen LogP contribution in [0.3, 0.4) is 0 Å². The molecule has 0 fully saturated rings. The number of rotatable bonds is 6. The minimum Gasteiger partial charge on any atom is -0.455 e. The van der Waals surface area contributed by atoms with E-state index in [1.165, 1.54) is 49.0 Å². The third-order valence-corrected chi connectivity index (χ3v) is 11.9. The van der Waals surface area contributed by atoms with Gasteiger partial charge >= 0.3 is 0 Å². The Bertz CT molecular complexity index is 3540. The van der Waals surface area contributed by atoms with E-state index in [4.69, 9.17) is 4.42 Å². The Morgan fingerprint density at radius 1 is 0.356 bits per heavy atom. The third kappa shape index (κ3) is 5.44. The summed E-state index contributed by atoms with van der Waals surface area (Å²) in [5.74, 6) is 0. The van der Waals surface area contributed by atoms with E-state index in [2.05, 4.69) is 228 Å². The van der Waals surface area contributed by atoms with Gasteiger partial charge in [0.15, 0.2) is 0 Å². The molecule has 10 aromatic carbocycles. The highest BCUT2D eigenvalue weighted by molar-refractivity contribution is 6.22. The molecule has 0 radical (unpaired) electrons. The van der Waals surface area contributed by atoms with E-state index in [0.717, 1.165) is 61.3 Å². The van der Waals surface area contributed by atoms with Crippen LogP contribution in [0.5, 0.6) is 0 Å². The lowest BCUT2D eigenvalue weighted by Crippen LogP contribution is -2.10. The van der Waals surface area contributed by atoms with Crippen molar-refractivity contribution in [3.05, 3.63) is 218 Å². The lowest BCUT2D eigenvalue weighted by Gasteiger charge is -2.27. The number of benzene rings is 10. The zero-order valence-corrected chi connectivity index (χ0v) is 32.1. The van der Waals surface area contributed by atoms with E-state index in [9.17, 15) is 0 Å². The smallest absolute Gasteiger partial charge is 0.143 e. The number of para-hydroxylation sites is 2. The average molecular weight is 753 g/mol. The van der Waals surface area contributed by atoms with Crippen molar-refractivity contribution in [2.75, 3.05) is 4.90 Å². The van der Waals surface area contributed by atoms with E-state index in [0.29, 0.717) is 0 Å². The maximum Gasteiger partial charge on any atom is 0.143 e. The molecule has 3 heteroatoms. The zero-order chi connectivity index (χ0) is 38.9. The van der Waals surface area contributed by atoms with Crippen LogP contribution in [0.1, 0.15) is 0 Å². The van der Waals surface area contributed by atoms with Crippen LogP contribution in [0.25, 0.3) is 93.2 Å². The Balaban J connectivity index is 1.15. The van der Waals surface area contributed by atoms with Crippen molar-refractivity contribution >= 4 is 82.4 Å². The van der Waals surface area contributed by atoms with Crippen molar-refractivity contribution in [1.82, 2.24) is 4.57 Å². The molecular formula is C56H36N2O. The Hall–Kier alpha value is -7.88. The number of furan rings is 1. The zero-order valence-electron chi connectivity index (χ0n) is 32.1. The quantitative estimate of drug-likeness (QED) is 0.169. The van der Waals surface area contributed by atoms with Crippen LogP contribution in [0.2, 0.25) is 0 Å². The van der Waals surface area contributed by atoms with Crippen molar-refractivity contribution < 1.29 is 4.42 Å². The molecule has 0 amide bonds. The molecule has 2 heterocycles. The average Bonchev–Trinajstić information content (AvgIpc) is 3.85. The Kier molecular flexibility index (Phi) is 7.54. The summed E-state index contributed by atoms with van der Waals surface area (Å²) in [7, 11) is 0. The number of hydrogen-bond acceptors (Lipinski definition) is 2. The van der Waals surface area contributed by atoms with Crippen LogP contribution in [-0.2, 0) is 0 Å². The summed E-state index contributed by atoms with van der Waals surface area (Å²) >= 11 is 0. The van der Waals surface area contributed by atoms with Crippen LogP contribution in [0, 0.1) is 0 Å². The molecule has 0 atom stereocenters. The molecule has 2 aromatic heterocycles. The molecular weight excluding hydrogens is 717 g/mol. The molecule has 276 valence electrons. The first kappa shape index (κ1) is 33.3. The lowest BCUT2D eigenvalue weighted by molar-refractivity contribution is 0.670. The molecule has 0 aliphatic carbocycles. The monoisotopic (exact) mass is 752 g/mol. The fraction of sp³-hybridized carbons (Fsp3) is 0. The van der Waals surface area contributed by atoms with E-state index in [1.807, 2.05) is 0 Å². The van der Waals surface area contributed by atoms with E-state index >= 15 is 0 Å². The minimum atomic E-state index is 0.875. The van der Waals surface area contributed by atoms with Gasteiger partial charge < -0.3 is 13.9 Å². The fourth-order valence-electron chi connectivity index (χ4n) is 9.17. The summed E-state index contributed by atoms with van der Waals surface area (Å²) < 4.78 is 9.36. The number of anilines is 3. The van der Waals surface area contributed by atoms with Crippen molar-refractivity contribution in [2.45, 2.75) is 0 Å². The molecule has 0 bridgehead atoms. The Labute approximate surface area is 341 Å². The van der Waals surface area contributed by atoms with Crippen LogP contribution in [0.4, 0.5) is 17.1 Å². The second-order valence-corrected chi connectivity index (χ2v) is 15.3. The molecule has 59 heavy (non-hydrogen) atoms. The van der Waals surface area contributed by atoms with Crippen LogP contribution >= 0.6 is 0 Å². The van der Waals surface area contributed by atoms with Gasteiger partial charge in [-0.3, -0.25) is 0 Å². The van der Waals surface area contributed by atoms with Crippen LogP contribution in [0.15, 0.2) is 223 Å². The third-order valence-electron chi connectivity index (χ3n) is 11.9. The highest BCUT2D eigenvalue weighted by Crippen LogP contribution is 2.46. The van der Waals surface area contributed by atoms with Gasteiger partial charge in [-0.2, -0.15) is 0 Å². The first-order chi connectivity index (χ1) is 29.2. The summed E-state index contributed by atoms with van der Waals surface area (Å²) in [5, 5.41) is 9.42. The van der Waals surface area contributed by atoms with Gasteiger partial charge in [0.1, 0.15) is 11.2 Å². The summed E-state index contributed by atoms with van der Waals surface area (Å²) in [6, 6.07) is 78.7. The van der Waals surface area contributed by atoms with Crippen molar-refractivity contribution in [1.29, 1.82) is 0 Å². The van der Waals surface area contributed by atoms with Gasteiger partial charge in [-0.1, -0.05) is 152 Å². The minimum absolute atomic E-state index is 0.875. The number of aromatic nitrogens is 1. The molecule has 0 aliphatic heterocycles. The topological polar surface area (TPSA) is 21.3 Å². The summed E-state index contributed by atoms with van der Waals surface area (Å²) in [5.41, 5.74) is 12.9. The molecule has 3 nitrogen and oxygen atoms in total. The van der Waals surface area contributed by atoms with Gasteiger partial charge in [-0.05, 0) is 105 Å². The number of hydrogen-bond donors (Lipinski definition) is 0. The molecule has 0 saturated carbocycles. The van der Waals surface area contributed by atoms with Gasteiger partial charge in [0.2, 0.25) is 0 Å². The molecule has 0 spiro atoms. The van der Waals surface area contributed by atoms with Gasteiger partial charge in [-0.25, -0.2) is 0 Å². The van der Waals surface area contributed by atoms with Crippen molar-refractivity contribution in [3.63, 3.8) is 0 Å². The van der Waals surface area contributed by atoms with Crippen molar-refractivity contribution in [2.24, 2.45) is 0 Å². The van der Waals surface area contributed by atoms with E-state index in [1.54, 1.807) is 0 Å². The summed E-state index contributed by atoms with van der Waals surface area (Å²) in [6.07, 6.45) is 0. The van der Waals surface area contributed by atoms with Crippen molar-refractivity contribution in [3.8, 4) is 27.9 Å². The predicted octanol–water partition coefficient (Wildman–Crippen LogP) is 15.8. The fourth-order valence-corrected chi connectivity index (χ4v) is 9.17. The van der Waals surface area contributed by atoms with Gasteiger partial charge in [-0.15, -0.1) is 0 Å². The second-order valence-electron chi connectivity index (χ2n) is 15.3. The maximum absolute atomic E-state index is 6.98. The second kappa shape index (κ2) is 13.4. The maximum atomic E-state index is 6.98. The first-order valence-electron chi connectivity index (χ1n) is 20.2. The SMILES string of the molecule is c1ccc(-c2ccc(N(c3ccc4ccccc4c3)c3cc(-c4ccc5c6ccccc6n(-c6ccccc6)c5c4)c4oc5ccc6ccccc6c5c4c3)cc2)cc1. The molecule has 12 rings (SSSR count). The normalized spacial score (nSPS) is 11.7. The van der Waals surface area contributed by atoms with Gasteiger partial charge in [0.05, 0.1) is 11.0 Å². The number of fused-ring (bicyclic) bond motifs is 9. The van der Waals surface area contributed by atoms with E-state index < -0.39 is 0 Å².